The third-order valence-electron chi connectivity index (χ3n) is 4.91. The number of halogens is 6. The van der Waals surface area contributed by atoms with Gasteiger partial charge < -0.3 is 4.74 Å². The summed E-state index contributed by atoms with van der Waals surface area (Å²) in [6, 6.07) is 15.8. The fourth-order valence-corrected chi connectivity index (χ4v) is 3.33. The van der Waals surface area contributed by atoms with Gasteiger partial charge >= 0.3 is 18.3 Å². The number of esters is 1. The van der Waals surface area contributed by atoms with Crippen LogP contribution in [0.25, 0.3) is 0 Å². The van der Waals surface area contributed by atoms with Crippen molar-refractivity contribution in [3.8, 4) is 5.75 Å². The molecule has 0 aliphatic carbocycles. The van der Waals surface area contributed by atoms with Gasteiger partial charge in [-0.15, -0.1) is 0 Å². The van der Waals surface area contributed by atoms with Crippen molar-refractivity contribution in [2.24, 2.45) is 0 Å². The minimum atomic E-state index is -4.48. The van der Waals surface area contributed by atoms with Crippen molar-refractivity contribution in [2.75, 3.05) is 0 Å². The van der Waals surface area contributed by atoms with E-state index >= 15 is 0 Å². The first kappa shape index (κ1) is 23.4. The molecule has 0 fully saturated rings. The van der Waals surface area contributed by atoms with Crippen LogP contribution in [-0.4, -0.2) is 5.97 Å². The minimum Gasteiger partial charge on any atom is -0.427 e. The molecule has 0 aliphatic rings. The number of carbonyl (C=O) groups is 1. The lowest BCUT2D eigenvalue weighted by Crippen LogP contribution is -2.09. The van der Waals surface area contributed by atoms with Crippen LogP contribution in [0.4, 0.5) is 26.3 Å². The van der Waals surface area contributed by atoms with E-state index in [4.69, 9.17) is 4.74 Å². The van der Waals surface area contributed by atoms with Crippen molar-refractivity contribution >= 4 is 5.97 Å². The Hall–Kier alpha value is -3.29. The highest BCUT2D eigenvalue weighted by molar-refractivity contribution is 5.69. The second kappa shape index (κ2) is 9.06. The van der Waals surface area contributed by atoms with Crippen LogP contribution in [0.1, 0.15) is 40.7 Å². The van der Waals surface area contributed by atoms with Crippen LogP contribution in [0.15, 0.2) is 72.8 Å². The van der Waals surface area contributed by atoms with E-state index in [0.29, 0.717) is 22.4 Å². The Balaban J connectivity index is 1.94. The Morgan fingerprint density at radius 3 is 1.53 bits per heavy atom. The largest absolute Gasteiger partial charge is 0.427 e. The first-order valence-electron chi connectivity index (χ1n) is 9.55. The monoisotopic (exact) mass is 452 g/mol. The summed E-state index contributed by atoms with van der Waals surface area (Å²) in [5.74, 6) is -0.621. The van der Waals surface area contributed by atoms with Crippen LogP contribution in [0.5, 0.6) is 5.75 Å². The van der Waals surface area contributed by atoms with E-state index < -0.39 is 35.4 Å². The Bertz CT molecular complexity index is 1050. The minimum absolute atomic E-state index is 0.260. The summed E-state index contributed by atoms with van der Waals surface area (Å²) >= 11 is 0. The van der Waals surface area contributed by atoms with Gasteiger partial charge in [0.2, 0.25) is 0 Å². The molecular formula is C24H18F6O2. The molecule has 0 N–H and O–H groups in total. The highest BCUT2D eigenvalue weighted by atomic mass is 19.4. The van der Waals surface area contributed by atoms with Crippen LogP contribution in [-0.2, 0) is 23.6 Å². The molecule has 0 saturated carbocycles. The van der Waals surface area contributed by atoms with Gasteiger partial charge in [0.15, 0.2) is 0 Å². The molecule has 0 aliphatic heterocycles. The fourth-order valence-electron chi connectivity index (χ4n) is 3.33. The van der Waals surface area contributed by atoms with Crippen LogP contribution < -0.4 is 4.74 Å². The maximum absolute atomic E-state index is 12.9. The molecule has 0 spiro atoms. The van der Waals surface area contributed by atoms with Gasteiger partial charge in [-0.2, -0.15) is 26.3 Å². The lowest BCUT2D eigenvalue weighted by molar-refractivity contribution is -0.138. The number of benzene rings is 3. The molecule has 0 radical (unpaired) electrons. The quantitative estimate of drug-likeness (QED) is 0.236. The van der Waals surface area contributed by atoms with Gasteiger partial charge in [0, 0.05) is 12.8 Å². The van der Waals surface area contributed by atoms with Crippen molar-refractivity contribution in [1.82, 2.24) is 0 Å². The number of alkyl halides is 6. The molecule has 0 amide bonds. The third kappa shape index (κ3) is 5.90. The van der Waals surface area contributed by atoms with E-state index in [-0.39, 0.29) is 6.42 Å². The third-order valence-corrected chi connectivity index (χ3v) is 4.91. The lowest BCUT2D eigenvalue weighted by atomic mass is 9.85. The number of rotatable bonds is 5. The van der Waals surface area contributed by atoms with E-state index in [1.165, 1.54) is 31.2 Å². The van der Waals surface area contributed by atoms with Crippen LogP contribution in [0.3, 0.4) is 0 Å². The Morgan fingerprint density at radius 2 is 1.12 bits per heavy atom. The van der Waals surface area contributed by atoms with Gasteiger partial charge in [-0.3, -0.25) is 4.79 Å². The van der Waals surface area contributed by atoms with Crippen molar-refractivity contribution in [1.29, 1.82) is 0 Å². The zero-order valence-electron chi connectivity index (χ0n) is 16.8. The molecular weight excluding hydrogens is 434 g/mol. The maximum atomic E-state index is 12.9. The standard InChI is InChI=1S/C24H18F6O2/c1-15(31)32-21-12-6-18(7-13-21)22(17-4-10-20(11-5-17)24(28,29)30)14-16-2-8-19(9-3-16)23(25,26)27/h2-13,22H,14H2,1H3/t22-/m1/s1. The molecule has 3 aromatic carbocycles. The van der Waals surface area contributed by atoms with Gasteiger partial charge in [-0.1, -0.05) is 36.4 Å². The fraction of sp³-hybridized carbons (Fsp3) is 0.208. The van der Waals surface area contributed by atoms with Gasteiger partial charge in [-0.05, 0) is 59.5 Å². The first-order chi connectivity index (χ1) is 14.9. The van der Waals surface area contributed by atoms with E-state index in [9.17, 15) is 31.1 Å². The summed E-state index contributed by atoms with van der Waals surface area (Å²) < 4.78 is 82.4. The first-order valence-corrected chi connectivity index (χ1v) is 9.55. The number of hydrogen-bond acceptors (Lipinski definition) is 2. The highest BCUT2D eigenvalue weighted by Crippen LogP contribution is 2.35. The summed E-state index contributed by atoms with van der Waals surface area (Å²) in [5, 5.41) is 0. The zero-order valence-corrected chi connectivity index (χ0v) is 16.8. The van der Waals surface area contributed by atoms with E-state index in [1.54, 1.807) is 24.3 Å². The summed E-state index contributed by atoms with van der Waals surface area (Å²) in [6.07, 6.45) is -8.68. The van der Waals surface area contributed by atoms with Crippen LogP contribution >= 0.6 is 0 Å². The smallest absolute Gasteiger partial charge is 0.416 e. The highest BCUT2D eigenvalue weighted by Gasteiger charge is 2.31. The molecule has 0 bridgehead atoms. The summed E-state index contributed by atoms with van der Waals surface area (Å²) in [7, 11) is 0. The molecule has 0 aromatic heterocycles. The van der Waals surface area contributed by atoms with E-state index in [0.717, 1.165) is 24.3 Å². The molecule has 2 nitrogen and oxygen atoms in total. The van der Waals surface area contributed by atoms with Gasteiger partial charge in [0.05, 0.1) is 11.1 Å². The van der Waals surface area contributed by atoms with Crippen molar-refractivity contribution in [3.63, 3.8) is 0 Å². The molecule has 3 rings (SSSR count). The second-order valence-electron chi connectivity index (χ2n) is 7.23. The van der Waals surface area contributed by atoms with Gasteiger partial charge in [0.25, 0.3) is 0 Å². The zero-order chi connectivity index (χ0) is 23.5. The molecule has 0 saturated heterocycles. The lowest BCUT2D eigenvalue weighted by Gasteiger charge is -2.20. The predicted molar refractivity (Wildman–Crippen MR) is 106 cm³/mol. The molecule has 32 heavy (non-hydrogen) atoms. The molecule has 0 unspecified atom stereocenters. The summed E-state index contributed by atoms with van der Waals surface area (Å²) in [6.45, 7) is 1.25. The molecule has 1 atom stereocenters. The Morgan fingerprint density at radius 1 is 0.719 bits per heavy atom. The Kier molecular flexibility index (Phi) is 6.62. The summed E-state index contributed by atoms with van der Waals surface area (Å²) in [5.41, 5.74) is 0.295. The average Bonchev–Trinajstić information content (AvgIpc) is 2.71. The van der Waals surface area contributed by atoms with Gasteiger partial charge in [0.1, 0.15) is 5.75 Å². The molecule has 0 heterocycles. The van der Waals surface area contributed by atoms with Crippen LogP contribution in [0.2, 0.25) is 0 Å². The van der Waals surface area contributed by atoms with Crippen LogP contribution in [0, 0.1) is 0 Å². The van der Waals surface area contributed by atoms with E-state index in [1.807, 2.05) is 0 Å². The molecule has 3 aromatic rings. The topological polar surface area (TPSA) is 26.3 Å². The SMILES string of the molecule is CC(=O)Oc1ccc([C@H](Cc2ccc(C(F)(F)F)cc2)c2ccc(C(F)(F)F)cc2)cc1. The molecule has 8 heteroatoms. The normalized spacial score (nSPS) is 13.0. The number of hydrogen-bond donors (Lipinski definition) is 0. The maximum Gasteiger partial charge on any atom is 0.416 e. The average molecular weight is 452 g/mol. The predicted octanol–water partition coefficient (Wildman–Crippen LogP) is 7.02. The van der Waals surface area contributed by atoms with E-state index in [2.05, 4.69) is 0 Å². The van der Waals surface area contributed by atoms with Gasteiger partial charge in [-0.25, -0.2) is 0 Å². The number of carbonyl (C=O) groups excluding carboxylic acids is 1. The number of ether oxygens (including phenoxy) is 1. The van der Waals surface area contributed by atoms with Crippen molar-refractivity contribution in [2.45, 2.75) is 31.6 Å². The Labute approximate surface area is 180 Å². The molecule has 168 valence electrons. The summed E-state index contributed by atoms with van der Waals surface area (Å²) in [4.78, 5) is 11.1. The second-order valence-corrected chi connectivity index (χ2v) is 7.23. The van der Waals surface area contributed by atoms with Crippen molar-refractivity contribution in [3.05, 3.63) is 101 Å². The van der Waals surface area contributed by atoms with Crippen molar-refractivity contribution < 1.29 is 35.9 Å².